The van der Waals surface area contributed by atoms with E-state index in [1.165, 1.54) is 18.2 Å². The highest BCUT2D eigenvalue weighted by Gasteiger charge is 2.52. The summed E-state index contributed by atoms with van der Waals surface area (Å²) in [5.41, 5.74) is -0.400. The van der Waals surface area contributed by atoms with Gasteiger partial charge in [0.05, 0.1) is 31.2 Å². The first-order valence-electron chi connectivity index (χ1n) is 7.99. The molecule has 1 aliphatic heterocycles. The lowest BCUT2D eigenvalue weighted by Gasteiger charge is -2.17. The van der Waals surface area contributed by atoms with E-state index >= 15 is 0 Å². The molecule has 3 rings (SSSR count). The fourth-order valence-electron chi connectivity index (χ4n) is 2.78. The molecule has 0 saturated heterocycles. The van der Waals surface area contributed by atoms with Crippen molar-refractivity contribution in [1.82, 2.24) is 10.6 Å². The monoisotopic (exact) mass is 372 g/mol. The van der Waals surface area contributed by atoms with Gasteiger partial charge in [0, 0.05) is 0 Å². The van der Waals surface area contributed by atoms with Crippen LogP contribution < -0.4 is 20.1 Å². The lowest BCUT2D eigenvalue weighted by atomic mass is 9.94. The number of nitrogens with one attached hydrogen (secondary N) is 2. The Kier molecular flexibility index (Phi) is 4.72. The number of carbonyl (C=O) groups excluding carboxylic acids is 2. The standard InChI is InChI=1S/C16H18F2N2O6/c17-16(18)25-11-2-1-9(5-12(11)26-16)15(3-4-15)14(24)19-6-13(23)20-10(7-21)8-22/h1-2,5,10,21-22H,3-4,6-8H2,(H,19,24)(H,20,23). The number of benzene rings is 1. The number of amides is 2. The smallest absolute Gasteiger partial charge is 0.395 e. The molecule has 2 amide bonds. The Balaban J connectivity index is 1.63. The lowest BCUT2D eigenvalue weighted by Crippen LogP contribution is -2.46. The van der Waals surface area contributed by atoms with Gasteiger partial charge in [-0.25, -0.2) is 0 Å². The van der Waals surface area contributed by atoms with Gasteiger partial charge in [0.2, 0.25) is 11.8 Å². The third kappa shape index (κ3) is 3.56. The number of alkyl halides is 2. The molecule has 1 aliphatic carbocycles. The molecule has 0 bridgehead atoms. The summed E-state index contributed by atoms with van der Waals surface area (Å²) in [6.45, 7) is -1.19. The van der Waals surface area contributed by atoms with E-state index in [9.17, 15) is 18.4 Å². The number of rotatable bonds is 7. The number of carbonyl (C=O) groups is 2. The summed E-state index contributed by atoms with van der Waals surface area (Å²) >= 11 is 0. The van der Waals surface area contributed by atoms with Crippen LogP contribution in [0, 0.1) is 0 Å². The zero-order valence-corrected chi connectivity index (χ0v) is 13.6. The average Bonchev–Trinajstić information content (AvgIpc) is 3.34. The van der Waals surface area contributed by atoms with Crippen molar-refractivity contribution in [3.8, 4) is 11.5 Å². The first-order chi connectivity index (χ1) is 12.3. The molecule has 1 heterocycles. The molecule has 0 spiro atoms. The molecule has 1 aromatic carbocycles. The molecule has 8 nitrogen and oxygen atoms in total. The minimum atomic E-state index is -3.73. The Morgan fingerprint density at radius 1 is 1.15 bits per heavy atom. The number of hydrogen-bond donors (Lipinski definition) is 4. The highest BCUT2D eigenvalue weighted by atomic mass is 19.3. The van der Waals surface area contributed by atoms with Gasteiger partial charge in [0.1, 0.15) is 0 Å². The Bertz CT molecular complexity index is 719. The van der Waals surface area contributed by atoms with Gasteiger partial charge in [0.15, 0.2) is 11.5 Å². The number of aliphatic hydroxyl groups excluding tert-OH is 2. The molecule has 0 atom stereocenters. The number of halogens is 2. The van der Waals surface area contributed by atoms with Crippen molar-refractivity contribution in [2.45, 2.75) is 30.6 Å². The second kappa shape index (κ2) is 6.69. The maximum Gasteiger partial charge on any atom is 0.586 e. The molecule has 4 N–H and O–H groups in total. The minimum Gasteiger partial charge on any atom is -0.395 e. The van der Waals surface area contributed by atoms with E-state index in [1.807, 2.05) is 0 Å². The maximum absolute atomic E-state index is 13.1. The van der Waals surface area contributed by atoms with Crippen LogP contribution in [0.15, 0.2) is 18.2 Å². The molecule has 1 aromatic rings. The van der Waals surface area contributed by atoms with Gasteiger partial charge in [-0.1, -0.05) is 6.07 Å². The van der Waals surface area contributed by atoms with E-state index in [1.54, 1.807) is 0 Å². The molecule has 1 fully saturated rings. The van der Waals surface area contributed by atoms with Crippen molar-refractivity contribution in [3.05, 3.63) is 23.8 Å². The summed E-state index contributed by atoms with van der Waals surface area (Å²) < 4.78 is 35.0. The number of ether oxygens (including phenoxy) is 2. The van der Waals surface area contributed by atoms with Crippen molar-refractivity contribution in [2.24, 2.45) is 0 Å². The highest BCUT2D eigenvalue weighted by Crippen LogP contribution is 2.51. The number of hydrogen-bond acceptors (Lipinski definition) is 6. The Morgan fingerprint density at radius 3 is 2.42 bits per heavy atom. The maximum atomic E-state index is 13.1. The quantitative estimate of drug-likeness (QED) is 0.519. The fraction of sp³-hybridized carbons (Fsp3) is 0.500. The first kappa shape index (κ1) is 18.3. The van der Waals surface area contributed by atoms with Crippen LogP contribution in [0.3, 0.4) is 0 Å². The Morgan fingerprint density at radius 2 is 1.81 bits per heavy atom. The molecule has 0 unspecified atom stereocenters. The van der Waals surface area contributed by atoms with Crippen LogP contribution >= 0.6 is 0 Å². The van der Waals surface area contributed by atoms with Gasteiger partial charge in [-0.2, -0.15) is 0 Å². The van der Waals surface area contributed by atoms with E-state index in [2.05, 4.69) is 20.1 Å². The van der Waals surface area contributed by atoms with Crippen LogP contribution in [-0.4, -0.2) is 54.1 Å². The van der Waals surface area contributed by atoms with Crippen LogP contribution in [0.4, 0.5) is 8.78 Å². The first-order valence-corrected chi connectivity index (χ1v) is 7.99. The highest BCUT2D eigenvalue weighted by molar-refractivity contribution is 5.94. The molecule has 1 saturated carbocycles. The van der Waals surface area contributed by atoms with Gasteiger partial charge >= 0.3 is 6.29 Å². The van der Waals surface area contributed by atoms with Crippen molar-refractivity contribution in [3.63, 3.8) is 0 Å². The predicted molar refractivity (Wildman–Crippen MR) is 82.7 cm³/mol. The largest absolute Gasteiger partial charge is 0.586 e. The van der Waals surface area contributed by atoms with Crippen LogP contribution in [0.25, 0.3) is 0 Å². The van der Waals surface area contributed by atoms with Crippen molar-refractivity contribution in [2.75, 3.05) is 19.8 Å². The van der Waals surface area contributed by atoms with Gasteiger partial charge in [-0.3, -0.25) is 9.59 Å². The zero-order chi connectivity index (χ0) is 18.9. The summed E-state index contributed by atoms with van der Waals surface area (Å²) in [6.07, 6.45) is -2.72. The number of fused-ring (bicyclic) bond motifs is 1. The van der Waals surface area contributed by atoms with Gasteiger partial charge in [-0.05, 0) is 30.5 Å². The lowest BCUT2D eigenvalue weighted by molar-refractivity contribution is -0.286. The summed E-state index contributed by atoms with van der Waals surface area (Å²) in [4.78, 5) is 24.2. The summed E-state index contributed by atoms with van der Waals surface area (Å²) in [5, 5.41) is 22.7. The van der Waals surface area contributed by atoms with Crippen LogP contribution in [0.5, 0.6) is 11.5 Å². The average molecular weight is 372 g/mol. The second-order valence-corrected chi connectivity index (χ2v) is 6.22. The van der Waals surface area contributed by atoms with Gasteiger partial charge in [0.25, 0.3) is 0 Å². The van der Waals surface area contributed by atoms with E-state index in [-0.39, 0.29) is 18.0 Å². The molecule has 0 aromatic heterocycles. The molecule has 142 valence electrons. The van der Waals surface area contributed by atoms with Crippen LogP contribution in [-0.2, 0) is 15.0 Å². The zero-order valence-electron chi connectivity index (χ0n) is 13.6. The van der Waals surface area contributed by atoms with E-state index in [4.69, 9.17) is 10.2 Å². The van der Waals surface area contributed by atoms with Gasteiger partial charge in [-0.15, -0.1) is 8.78 Å². The Labute approximate surface area is 147 Å². The predicted octanol–water partition coefficient (Wildman–Crippen LogP) is -0.375. The molecule has 26 heavy (non-hydrogen) atoms. The molecule has 10 heteroatoms. The van der Waals surface area contributed by atoms with Crippen molar-refractivity contribution in [1.29, 1.82) is 0 Å². The van der Waals surface area contributed by atoms with Crippen LogP contribution in [0.2, 0.25) is 0 Å². The Hall–Kier alpha value is -2.46. The summed E-state index contributed by atoms with van der Waals surface area (Å²) in [6, 6.07) is 3.38. The van der Waals surface area contributed by atoms with Gasteiger partial charge < -0.3 is 30.3 Å². The molecular weight excluding hydrogens is 354 g/mol. The van der Waals surface area contributed by atoms with E-state index < -0.39 is 42.8 Å². The topological polar surface area (TPSA) is 117 Å². The summed E-state index contributed by atoms with van der Waals surface area (Å²) in [5.74, 6) is -1.22. The molecule has 2 aliphatic rings. The molecular formula is C16H18F2N2O6. The fourth-order valence-corrected chi connectivity index (χ4v) is 2.78. The summed E-state index contributed by atoms with van der Waals surface area (Å²) in [7, 11) is 0. The normalized spacial score (nSPS) is 18.5. The van der Waals surface area contributed by atoms with E-state index in [0.717, 1.165) is 0 Å². The van der Waals surface area contributed by atoms with Crippen molar-refractivity contribution >= 4 is 11.8 Å². The van der Waals surface area contributed by atoms with Crippen LogP contribution in [0.1, 0.15) is 18.4 Å². The number of aliphatic hydroxyl groups is 2. The SMILES string of the molecule is O=C(CNC(=O)C1(c2ccc3c(c2)OC(F)(F)O3)CC1)NC(CO)CO. The second-order valence-electron chi connectivity index (χ2n) is 6.22. The third-order valence-electron chi connectivity index (χ3n) is 4.35. The van der Waals surface area contributed by atoms with Crippen molar-refractivity contribution < 1.29 is 38.1 Å². The van der Waals surface area contributed by atoms with E-state index in [0.29, 0.717) is 18.4 Å². The molecule has 0 radical (unpaired) electrons. The minimum absolute atomic E-state index is 0.103. The third-order valence-corrected chi connectivity index (χ3v) is 4.35.